The number of esters is 1. The van der Waals surface area contributed by atoms with E-state index >= 15 is 0 Å². The lowest BCUT2D eigenvalue weighted by Gasteiger charge is -2.28. The summed E-state index contributed by atoms with van der Waals surface area (Å²) in [4.78, 5) is 11.5. The molecule has 1 N–H and O–H groups in total. The van der Waals surface area contributed by atoms with E-state index in [1.807, 2.05) is 18.2 Å². The number of methoxy groups -OCH3 is 1. The zero-order valence-electron chi connectivity index (χ0n) is 10.6. The lowest BCUT2D eigenvalue weighted by atomic mass is 9.98. The van der Waals surface area contributed by atoms with Crippen LogP contribution in [0.25, 0.3) is 0 Å². The summed E-state index contributed by atoms with van der Waals surface area (Å²) in [6.45, 7) is 1.92. The molecule has 0 unspecified atom stereocenters. The fourth-order valence-electron chi connectivity index (χ4n) is 2.16. The van der Waals surface area contributed by atoms with Crippen molar-refractivity contribution in [2.45, 2.75) is 19.0 Å². The monoisotopic (exact) mass is 249 g/mol. The Morgan fingerprint density at radius 2 is 2.17 bits per heavy atom. The molecule has 98 valence electrons. The molecule has 1 fully saturated rings. The lowest BCUT2D eigenvalue weighted by molar-refractivity contribution is -0.150. The van der Waals surface area contributed by atoms with Crippen molar-refractivity contribution in [1.29, 1.82) is 0 Å². The first-order chi connectivity index (χ1) is 8.79. The third-order valence-corrected chi connectivity index (χ3v) is 3.18. The van der Waals surface area contributed by atoms with Gasteiger partial charge in [0.1, 0.15) is 0 Å². The van der Waals surface area contributed by atoms with Crippen molar-refractivity contribution in [1.82, 2.24) is 5.32 Å². The number of ether oxygens (including phenoxy) is 2. The Balaban J connectivity index is 1.81. The molecule has 4 heteroatoms. The molecule has 0 aromatic heterocycles. The van der Waals surface area contributed by atoms with E-state index in [1.165, 1.54) is 12.7 Å². The number of carbonyl (C=O) groups excluding carboxylic acids is 1. The van der Waals surface area contributed by atoms with Gasteiger partial charge in [-0.25, -0.2) is 0 Å². The first kappa shape index (κ1) is 13.1. The van der Waals surface area contributed by atoms with Crippen LogP contribution >= 0.6 is 0 Å². The number of benzene rings is 1. The molecule has 0 aliphatic carbocycles. The highest BCUT2D eigenvalue weighted by Gasteiger charge is 2.28. The second kappa shape index (κ2) is 6.52. The van der Waals surface area contributed by atoms with Crippen LogP contribution in [0.4, 0.5) is 0 Å². The number of nitrogens with one attached hydrogen (secondary N) is 1. The molecule has 1 aromatic rings. The molecule has 2 rings (SSSR count). The number of hydrogen-bond donors (Lipinski definition) is 1. The van der Waals surface area contributed by atoms with Crippen LogP contribution in [0.5, 0.6) is 0 Å². The first-order valence-electron chi connectivity index (χ1n) is 6.22. The van der Waals surface area contributed by atoms with Crippen molar-refractivity contribution in [2.75, 3.05) is 20.3 Å². The molecule has 1 saturated heterocycles. The van der Waals surface area contributed by atoms with Crippen molar-refractivity contribution >= 4 is 5.97 Å². The minimum atomic E-state index is -0.179. The van der Waals surface area contributed by atoms with E-state index in [1.54, 1.807) is 0 Å². The smallest absolute Gasteiger partial charge is 0.311 e. The van der Waals surface area contributed by atoms with Crippen LogP contribution in [0, 0.1) is 5.92 Å². The van der Waals surface area contributed by atoms with Crippen molar-refractivity contribution in [3.63, 3.8) is 0 Å². The minimum absolute atomic E-state index is 0.142. The van der Waals surface area contributed by atoms with E-state index in [0.717, 1.165) is 13.0 Å². The maximum atomic E-state index is 11.5. The topological polar surface area (TPSA) is 47.6 Å². The molecule has 1 heterocycles. The Labute approximate surface area is 107 Å². The summed E-state index contributed by atoms with van der Waals surface area (Å²) >= 11 is 0. The van der Waals surface area contributed by atoms with Crippen molar-refractivity contribution in [3.05, 3.63) is 35.9 Å². The molecule has 1 aliphatic rings. The van der Waals surface area contributed by atoms with Gasteiger partial charge in [-0.1, -0.05) is 30.3 Å². The van der Waals surface area contributed by atoms with Crippen LogP contribution in [0.1, 0.15) is 12.0 Å². The Kier molecular flexibility index (Phi) is 4.73. The van der Waals surface area contributed by atoms with Gasteiger partial charge in [0.2, 0.25) is 0 Å². The summed E-state index contributed by atoms with van der Waals surface area (Å²) in [7, 11) is 1.42. The highest BCUT2D eigenvalue weighted by Crippen LogP contribution is 2.16. The number of rotatable bonds is 4. The fourth-order valence-corrected chi connectivity index (χ4v) is 2.16. The maximum absolute atomic E-state index is 11.5. The minimum Gasteiger partial charge on any atom is -0.469 e. The van der Waals surface area contributed by atoms with Crippen LogP contribution in [0.15, 0.2) is 30.3 Å². The third kappa shape index (κ3) is 3.55. The highest BCUT2D eigenvalue weighted by atomic mass is 16.5. The van der Waals surface area contributed by atoms with Crippen LogP contribution in [0.2, 0.25) is 0 Å². The average Bonchev–Trinajstić information content (AvgIpc) is 2.45. The summed E-state index contributed by atoms with van der Waals surface area (Å²) in [5.41, 5.74) is 1.23. The molecule has 0 spiro atoms. The van der Waals surface area contributed by atoms with Crippen LogP contribution in [0.3, 0.4) is 0 Å². The summed E-state index contributed by atoms with van der Waals surface area (Å²) in [6, 6.07) is 10.4. The summed E-state index contributed by atoms with van der Waals surface area (Å²) in [5.74, 6) is -0.321. The van der Waals surface area contributed by atoms with Crippen molar-refractivity contribution in [3.8, 4) is 0 Å². The Morgan fingerprint density at radius 1 is 1.39 bits per heavy atom. The summed E-state index contributed by atoms with van der Waals surface area (Å²) in [5, 5.41) is 3.41. The van der Waals surface area contributed by atoms with Gasteiger partial charge in [-0.05, 0) is 12.0 Å². The molecular formula is C14H19NO3. The molecule has 0 radical (unpaired) electrons. The Morgan fingerprint density at radius 3 is 2.89 bits per heavy atom. The molecule has 2 atom stereocenters. The van der Waals surface area contributed by atoms with E-state index < -0.39 is 0 Å². The normalized spacial score (nSPS) is 23.6. The Hall–Kier alpha value is -1.39. The highest BCUT2D eigenvalue weighted by molar-refractivity contribution is 5.72. The van der Waals surface area contributed by atoms with Gasteiger partial charge in [-0.3, -0.25) is 4.79 Å². The van der Waals surface area contributed by atoms with Gasteiger partial charge < -0.3 is 14.8 Å². The van der Waals surface area contributed by atoms with Crippen molar-refractivity contribution in [2.24, 2.45) is 5.92 Å². The fraction of sp³-hybridized carbons (Fsp3) is 0.500. The second-order valence-electron chi connectivity index (χ2n) is 4.56. The molecule has 18 heavy (non-hydrogen) atoms. The van der Waals surface area contributed by atoms with Crippen LogP contribution in [-0.2, 0) is 20.8 Å². The zero-order chi connectivity index (χ0) is 12.8. The molecular weight excluding hydrogens is 230 g/mol. The molecule has 0 saturated carbocycles. The third-order valence-electron chi connectivity index (χ3n) is 3.18. The zero-order valence-corrected chi connectivity index (χ0v) is 10.6. The van der Waals surface area contributed by atoms with Gasteiger partial charge in [0, 0.05) is 12.6 Å². The molecule has 1 aromatic carbocycles. The quantitative estimate of drug-likeness (QED) is 0.818. The average molecular weight is 249 g/mol. The Bertz CT molecular complexity index is 380. The molecule has 1 aliphatic heterocycles. The van der Waals surface area contributed by atoms with E-state index in [9.17, 15) is 4.79 Å². The molecule has 4 nitrogen and oxygen atoms in total. The van der Waals surface area contributed by atoms with Gasteiger partial charge in [-0.2, -0.15) is 0 Å². The number of carbonyl (C=O) groups is 1. The van der Waals surface area contributed by atoms with Gasteiger partial charge in [0.15, 0.2) is 0 Å². The lowest BCUT2D eigenvalue weighted by Crippen LogP contribution is -2.42. The van der Waals surface area contributed by atoms with Crippen LogP contribution < -0.4 is 5.32 Å². The summed E-state index contributed by atoms with van der Waals surface area (Å²) < 4.78 is 10.2. The van der Waals surface area contributed by atoms with E-state index in [2.05, 4.69) is 17.4 Å². The number of hydrogen-bond acceptors (Lipinski definition) is 4. The predicted octanol–water partition coefficient (Wildman–Crippen LogP) is 1.35. The standard InChI is InChI=1S/C14H19NO3/c1-17-14(16)12-7-13(10-18-9-12)15-8-11-5-3-2-4-6-11/h2-6,12-13,15H,7-10H2,1H3/t12-,13-/m0/s1. The van der Waals surface area contributed by atoms with Gasteiger partial charge in [0.25, 0.3) is 0 Å². The van der Waals surface area contributed by atoms with Gasteiger partial charge in [0.05, 0.1) is 26.2 Å². The largest absolute Gasteiger partial charge is 0.469 e. The first-order valence-corrected chi connectivity index (χ1v) is 6.22. The molecule has 0 amide bonds. The van der Waals surface area contributed by atoms with Gasteiger partial charge in [-0.15, -0.1) is 0 Å². The SMILES string of the molecule is COC(=O)[C@@H]1COC[C@@H](NCc2ccccc2)C1. The predicted molar refractivity (Wildman–Crippen MR) is 68.0 cm³/mol. The molecule has 0 bridgehead atoms. The summed E-state index contributed by atoms with van der Waals surface area (Å²) in [6.07, 6.45) is 0.777. The van der Waals surface area contributed by atoms with Crippen molar-refractivity contribution < 1.29 is 14.3 Å². The maximum Gasteiger partial charge on any atom is 0.311 e. The second-order valence-corrected chi connectivity index (χ2v) is 4.56. The van der Waals surface area contributed by atoms with Gasteiger partial charge >= 0.3 is 5.97 Å². The van der Waals surface area contributed by atoms with E-state index in [-0.39, 0.29) is 17.9 Å². The van der Waals surface area contributed by atoms with Crippen LogP contribution in [-0.4, -0.2) is 32.3 Å². The van der Waals surface area contributed by atoms with E-state index in [4.69, 9.17) is 9.47 Å². The van der Waals surface area contributed by atoms with E-state index in [0.29, 0.717) is 13.2 Å².